The van der Waals surface area contributed by atoms with E-state index in [1.54, 1.807) is 0 Å². The summed E-state index contributed by atoms with van der Waals surface area (Å²) in [5.74, 6) is -0.232. The summed E-state index contributed by atoms with van der Waals surface area (Å²) in [5.41, 5.74) is 0. The Morgan fingerprint density at radius 1 is 0.840 bits per heavy atom. The highest BCUT2D eigenvalue weighted by atomic mass is 32.1. The van der Waals surface area contributed by atoms with Crippen LogP contribution in [0.3, 0.4) is 0 Å². The van der Waals surface area contributed by atoms with E-state index in [0.29, 0.717) is 4.88 Å². The summed E-state index contributed by atoms with van der Waals surface area (Å²) in [4.78, 5) is 13.6. The smallest absolute Gasteiger partial charge is 0.335 e. The van der Waals surface area contributed by atoms with Gasteiger partial charge in [0.2, 0.25) is 0 Å². The summed E-state index contributed by atoms with van der Waals surface area (Å²) in [5, 5.41) is 3.92. The average molecular weight is 367 g/mol. The molecule has 1 aromatic heterocycles. The second-order valence-corrected chi connectivity index (χ2v) is 12.2. The maximum atomic E-state index is 12.9. The third-order valence-electron chi connectivity index (χ3n) is 4.38. The zero-order chi connectivity index (χ0) is 17.9. The lowest BCUT2D eigenvalue weighted by Gasteiger charge is -2.42. The van der Waals surface area contributed by atoms with Crippen molar-refractivity contribution in [3.63, 3.8) is 0 Å². The predicted octanol–water partition coefficient (Wildman–Crippen LogP) is 4.46. The standard InChI is InChI=1S/C21H22O2SSi/c1-21(2,3)25(17-11-6-4-7-12-17,18-13-8-5-9-14-18)23-20(22)19-15-10-16-24-19/h4-16H,1-3H3. The Balaban J connectivity index is 2.20. The molecule has 0 amide bonds. The van der Waals surface area contributed by atoms with Crippen molar-refractivity contribution in [2.45, 2.75) is 25.8 Å². The van der Waals surface area contributed by atoms with E-state index in [4.69, 9.17) is 4.43 Å². The SMILES string of the molecule is CC(C)(C)[Si](OC(=O)c1cccs1)(c1ccccc1)c1ccccc1. The first kappa shape index (κ1) is 17.6. The minimum atomic E-state index is -2.81. The van der Waals surface area contributed by atoms with Gasteiger partial charge in [-0.15, -0.1) is 11.3 Å². The van der Waals surface area contributed by atoms with Crippen molar-refractivity contribution in [2.24, 2.45) is 0 Å². The van der Waals surface area contributed by atoms with Gasteiger partial charge in [-0.1, -0.05) is 87.5 Å². The van der Waals surface area contributed by atoms with E-state index in [1.165, 1.54) is 11.3 Å². The number of hydrogen-bond donors (Lipinski definition) is 0. The summed E-state index contributed by atoms with van der Waals surface area (Å²) in [6.45, 7) is 6.50. The molecule has 0 N–H and O–H groups in total. The fraction of sp³-hybridized carbons (Fsp3) is 0.190. The van der Waals surface area contributed by atoms with Crippen molar-refractivity contribution < 1.29 is 9.22 Å². The van der Waals surface area contributed by atoms with Gasteiger partial charge in [-0.3, -0.25) is 0 Å². The first-order valence-corrected chi connectivity index (χ1v) is 11.1. The quantitative estimate of drug-likeness (QED) is 0.637. The van der Waals surface area contributed by atoms with Crippen LogP contribution in [0.25, 0.3) is 0 Å². The number of carbonyl (C=O) groups excluding carboxylic acids is 1. The molecule has 0 saturated heterocycles. The fourth-order valence-electron chi connectivity index (χ4n) is 3.23. The molecule has 0 spiro atoms. The molecule has 3 rings (SSSR count). The molecular weight excluding hydrogens is 344 g/mol. The molecule has 25 heavy (non-hydrogen) atoms. The van der Waals surface area contributed by atoms with E-state index in [0.717, 1.165) is 10.4 Å². The van der Waals surface area contributed by atoms with Gasteiger partial charge in [0.25, 0.3) is 0 Å². The van der Waals surface area contributed by atoms with Crippen molar-refractivity contribution in [1.29, 1.82) is 0 Å². The zero-order valence-electron chi connectivity index (χ0n) is 14.7. The molecule has 2 nitrogen and oxygen atoms in total. The molecule has 0 aliphatic carbocycles. The van der Waals surface area contributed by atoms with Crippen LogP contribution >= 0.6 is 11.3 Å². The van der Waals surface area contributed by atoms with E-state index in [2.05, 4.69) is 45.0 Å². The van der Waals surface area contributed by atoms with Gasteiger partial charge in [-0.05, 0) is 26.9 Å². The topological polar surface area (TPSA) is 26.3 Å². The summed E-state index contributed by atoms with van der Waals surface area (Å²) in [6, 6.07) is 24.1. The maximum absolute atomic E-state index is 12.9. The Labute approximate surface area is 154 Å². The van der Waals surface area contributed by atoms with Crippen LogP contribution in [0.1, 0.15) is 30.4 Å². The lowest BCUT2D eigenvalue weighted by atomic mass is 10.2. The van der Waals surface area contributed by atoms with E-state index in [1.807, 2.05) is 53.9 Å². The number of rotatable bonds is 4. The highest BCUT2D eigenvalue weighted by Crippen LogP contribution is 2.37. The molecule has 0 unspecified atom stereocenters. The molecule has 0 fully saturated rings. The van der Waals surface area contributed by atoms with Crippen LogP contribution in [0.5, 0.6) is 0 Å². The number of thiophene rings is 1. The third-order valence-corrected chi connectivity index (χ3v) is 10.1. The van der Waals surface area contributed by atoms with E-state index >= 15 is 0 Å². The van der Waals surface area contributed by atoms with Gasteiger partial charge in [0, 0.05) is 0 Å². The lowest BCUT2D eigenvalue weighted by molar-refractivity contribution is 0.0724. The molecule has 3 aromatic rings. The van der Waals surface area contributed by atoms with Crippen LogP contribution in [0.2, 0.25) is 5.04 Å². The molecule has 4 heteroatoms. The van der Waals surface area contributed by atoms with Crippen molar-refractivity contribution in [1.82, 2.24) is 0 Å². The van der Waals surface area contributed by atoms with Crippen LogP contribution in [0, 0.1) is 0 Å². The van der Waals surface area contributed by atoms with Crippen molar-refractivity contribution in [3.05, 3.63) is 83.1 Å². The van der Waals surface area contributed by atoms with Crippen LogP contribution in [0.4, 0.5) is 0 Å². The molecule has 0 radical (unpaired) electrons. The first-order valence-electron chi connectivity index (χ1n) is 8.33. The maximum Gasteiger partial charge on any atom is 0.335 e. The van der Waals surface area contributed by atoms with Gasteiger partial charge in [0.1, 0.15) is 4.88 Å². The monoisotopic (exact) mass is 366 g/mol. The molecule has 1 heterocycles. The van der Waals surface area contributed by atoms with Gasteiger partial charge in [0.15, 0.2) is 0 Å². The minimum Gasteiger partial charge on any atom is -0.505 e. The highest BCUT2D eigenvalue weighted by molar-refractivity contribution is 7.12. The summed E-state index contributed by atoms with van der Waals surface area (Å²) >= 11 is 1.42. The van der Waals surface area contributed by atoms with E-state index in [-0.39, 0.29) is 11.0 Å². The van der Waals surface area contributed by atoms with Crippen LogP contribution < -0.4 is 10.4 Å². The molecule has 0 atom stereocenters. The third kappa shape index (κ3) is 3.32. The van der Waals surface area contributed by atoms with Crippen LogP contribution in [0.15, 0.2) is 78.2 Å². The van der Waals surface area contributed by atoms with E-state index < -0.39 is 8.32 Å². The first-order chi connectivity index (χ1) is 11.9. The largest absolute Gasteiger partial charge is 0.505 e. The van der Waals surface area contributed by atoms with Gasteiger partial charge in [-0.2, -0.15) is 0 Å². The zero-order valence-corrected chi connectivity index (χ0v) is 16.5. The van der Waals surface area contributed by atoms with Crippen LogP contribution in [-0.4, -0.2) is 14.3 Å². The molecule has 0 aliphatic rings. The summed E-state index contributed by atoms with van der Waals surface area (Å²) < 4.78 is 6.43. The second kappa shape index (κ2) is 6.98. The molecule has 128 valence electrons. The van der Waals surface area contributed by atoms with Crippen LogP contribution in [-0.2, 0) is 4.43 Å². The Kier molecular flexibility index (Phi) is 4.93. The summed E-state index contributed by atoms with van der Waals surface area (Å²) in [7, 11) is -2.81. The molecule has 2 aromatic carbocycles. The number of benzene rings is 2. The lowest BCUT2D eigenvalue weighted by Crippen LogP contribution is -2.67. The highest BCUT2D eigenvalue weighted by Gasteiger charge is 2.53. The average Bonchev–Trinajstić information content (AvgIpc) is 3.15. The van der Waals surface area contributed by atoms with E-state index in [9.17, 15) is 4.79 Å². The van der Waals surface area contributed by atoms with Gasteiger partial charge < -0.3 is 4.43 Å². The number of hydrogen-bond acceptors (Lipinski definition) is 3. The Bertz CT molecular complexity index is 782. The molecule has 0 aliphatic heterocycles. The molecular formula is C21H22O2SSi. The Morgan fingerprint density at radius 3 is 1.76 bits per heavy atom. The Morgan fingerprint density at radius 2 is 1.36 bits per heavy atom. The molecule has 0 bridgehead atoms. The second-order valence-electron chi connectivity index (χ2n) is 7.03. The predicted molar refractivity (Wildman–Crippen MR) is 107 cm³/mol. The van der Waals surface area contributed by atoms with Gasteiger partial charge in [0.05, 0.1) is 0 Å². The van der Waals surface area contributed by atoms with Gasteiger partial charge in [-0.25, -0.2) is 4.79 Å². The number of carbonyl (C=O) groups is 1. The van der Waals surface area contributed by atoms with Crippen molar-refractivity contribution in [3.8, 4) is 0 Å². The van der Waals surface area contributed by atoms with Gasteiger partial charge >= 0.3 is 14.3 Å². The Hall–Kier alpha value is -2.17. The minimum absolute atomic E-state index is 0.206. The van der Waals surface area contributed by atoms with Crippen molar-refractivity contribution in [2.75, 3.05) is 0 Å². The fourth-order valence-corrected chi connectivity index (χ4v) is 8.23. The normalized spacial score (nSPS) is 12.0. The summed E-state index contributed by atoms with van der Waals surface area (Å²) in [6.07, 6.45) is 0. The van der Waals surface area contributed by atoms with Crippen molar-refractivity contribution >= 4 is 36.0 Å². The molecule has 0 saturated carbocycles.